The quantitative estimate of drug-likeness (QED) is 0.718. The van der Waals surface area contributed by atoms with Gasteiger partial charge in [-0.25, -0.2) is 0 Å². The molecule has 2 aromatic heterocycles. The van der Waals surface area contributed by atoms with Crippen molar-refractivity contribution in [3.63, 3.8) is 0 Å². The van der Waals surface area contributed by atoms with Crippen LogP contribution < -0.4 is 10.1 Å². The lowest BCUT2D eigenvalue weighted by Crippen LogP contribution is -2.16. The highest BCUT2D eigenvalue weighted by molar-refractivity contribution is 7.17. The van der Waals surface area contributed by atoms with E-state index in [0.29, 0.717) is 0 Å². The first kappa shape index (κ1) is 16.5. The number of benzene rings is 1. The van der Waals surface area contributed by atoms with Crippen molar-refractivity contribution in [2.45, 2.75) is 20.0 Å². The predicted octanol–water partition coefficient (Wildman–Crippen LogP) is 4.66. The summed E-state index contributed by atoms with van der Waals surface area (Å²) < 4.78 is 7.42. The molecule has 0 aliphatic carbocycles. The molecule has 22 heavy (non-hydrogen) atoms. The van der Waals surface area contributed by atoms with E-state index in [1.807, 2.05) is 31.4 Å². The maximum atomic E-state index is 6.30. The Morgan fingerprint density at radius 2 is 2.00 bits per heavy atom. The number of thiophene rings is 1. The minimum absolute atomic E-state index is 0. The second-order valence-corrected chi connectivity index (χ2v) is 5.77. The number of hydrogen-bond acceptors (Lipinski definition) is 4. The molecule has 0 radical (unpaired) electrons. The number of rotatable bonds is 6. The molecule has 0 saturated carbocycles. The normalized spacial score (nSPS) is 11.9. The zero-order chi connectivity index (χ0) is 14.5. The lowest BCUT2D eigenvalue weighted by molar-refractivity contribution is 0.198. The lowest BCUT2D eigenvalue weighted by atomic mass is 10.1. The first-order valence-electron chi connectivity index (χ1n) is 7.07. The van der Waals surface area contributed by atoms with Gasteiger partial charge in [0.2, 0.25) is 0 Å². The van der Waals surface area contributed by atoms with E-state index in [2.05, 4.69) is 39.9 Å². The lowest BCUT2D eigenvalue weighted by Gasteiger charge is -2.20. The largest absolute Gasteiger partial charge is 0.484 e. The van der Waals surface area contributed by atoms with Gasteiger partial charge in [0.1, 0.15) is 11.9 Å². The first-order chi connectivity index (χ1) is 10.4. The van der Waals surface area contributed by atoms with Crippen LogP contribution in [-0.4, -0.2) is 18.6 Å². The number of aromatic nitrogens is 1. The van der Waals surface area contributed by atoms with Crippen LogP contribution >= 0.6 is 11.3 Å². The van der Waals surface area contributed by atoms with Crippen molar-refractivity contribution >= 4 is 21.6 Å². The molecule has 1 aromatic carbocycles. The number of nitrogens with one attached hydrogen (secondary N) is 1. The molecule has 0 aliphatic rings. The van der Waals surface area contributed by atoms with Crippen molar-refractivity contribution in [2.24, 2.45) is 0 Å². The Morgan fingerprint density at radius 1 is 1.18 bits per heavy atom. The van der Waals surface area contributed by atoms with Gasteiger partial charge >= 0.3 is 0 Å². The van der Waals surface area contributed by atoms with Gasteiger partial charge in [-0.05, 0) is 30.6 Å². The van der Waals surface area contributed by atoms with Crippen molar-refractivity contribution < 1.29 is 4.74 Å². The van der Waals surface area contributed by atoms with Crippen LogP contribution in [-0.2, 0) is 0 Å². The number of pyridine rings is 1. The van der Waals surface area contributed by atoms with Crippen molar-refractivity contribution in [2.75, 3.05) is 13.6 Å². The summed E-state index contributed by atoms with van der Waals surface area (Å²) in [4.78, 5) is 4.36. The Bertz CT molecular complexity index is 696. The molecule has 0 spiro atoms. The zero-order valence-electron chi connectivity index (χ0n) is 12.0. The second kappa shape index (κ2) is 7.92. The summed E-state index contributed by atoms with van der Waals surface area (Å²) in [5.41, 5.74) is 2.20. The van der Waals surface area contributed by atoms with Crippen LogP contribution in [0.2, 0.25) is 0 Å². The molecule has 0 amide bonds. The van der Waals surface area contributed by atoms with Gasteiger partial charge in [0.05, 0.1) is 10.2 Å². The van der Waals surface area contributed by atoms with Crippen LogP contribution in [0, 0.1) is 0 Å². The van der Waals surface area contributed by atoms with Gasteiger partial charge in [-0.15, -0.1) is 11.3 Å². The highest BCUT2D eigenvalue weighted by Gasteiger charge is 2.15. The summed E-state index contributed by atoms with van der Waals surface area (Å²) in [5.74, 6) is 0.917. The fourth-order valence-electron chi connectivity index (χ4n) is 2.33. The molecular weight excluding hydrogens is 292 g/mol. The van der Waals surface area contributed by atoms with E-state index in [4.69, 9.17) is 4.74 Å². The van der Waals surface area contributed by atoms with Crippen LogP contribution in [0.15, 0.2) is 54.0 Å². The van der Waals surface area contributed by atoms with Gasteiger partial charge in [-0.1, -0.05) is 37.8 Å². The van der Waals surface area contributed by atoms with Gasteiger partial charge < -0.3 is 10.1 Å². The van der Waals surface area contributed by atoms with Crippen LogP contribution in [0.25, 0.3) is 10.2 Å². The molecular formula is C18H22N2OS. The van der Waals surface area contributed by atoms with E-state index >= 15 is 0 Å². The molecule has 0 unspecified atom stereocenters. The highest BCUT2D eigenvalue weighted by Crippen LogP contribution is 2.33. The Balaban J connectivity index is 0.00000176. The molecule has 3 rings (SSSR count). The van der Waals surface area contributed by atoms with Crippen molar-refractivity contribution in [1.29, 1.82) is 0 Å². The minimum Gasteiger partial charge on any atom is -0.484 e. The Hall–Kier alpha value is -1.91. The topological polar surface area (TPSA) is 34.1 Å². The summed E-state index contributed by atoms with van der Waals surface area (Å²) >= 11 is 1.67. The number of hydrogen-bond donors (Lipinski definition) is 1. The Morgan fingerprint density at radius 3 is 2.77 bits per heavy atom. The van der Waals surface area contributed by atoms with E-state index in [1.165, 1.54) is 5.56 Å². The summed E-state index contributed by atoms with van der Waals surface area (Å²) in [7, 11) is 1.96. The zero-order valence-corrected chi connectivity index (χ0v) is 12.8. The van der Waals surface area contributed by atoms with Gasteiger partial charge in [0, 0.05) is 18.7 Å². The molecule has 0 bridgehead atoms. The highest BCUT2D eigenvalue weighted by atomic mass is 32.1. The van der Waals surface area contributed by atoms with Crippen molar-refractivity contribution in [3.8, 4) is 5.75 Å². The molecule has 1 atom stereocenters. The molecule has 4 heteroatoms. The summed E-state index contributed by atoms with van der Waals surface area (Å²) in [6.07, 6.45) is 2.78. The molecule has 0 saturated heterocycles. The predicted molar refractivity (Wildman–Crippen MR) is 94.7 cm³/mol. The van der Waals surface area contributed by atoms with E-state index in [-0.39, 0.29) is 13.5 Å². The minimum atomic E-state index is 0. The Kier molecular flexibility index (Phi) is 5.92. The molecule has 3 aromatic rings. The van der Waals surface area contributed by atoms with E-state index in [0.717, 1.165) is 28.9 Å². The number of ether oxygens (including phenoxy) is 1. The SMILES string of the molecule is C.CNCC[C@@H](Oc1ccnc2ccsc12)c1ccccc1. The summed E-state index contributed by atoms with van der Waals surface area (Å²) in [6, 6.07) is 14.4. The fraction of sp³-hybridized carbons (Fsp3) is 0.278. The monoisotopic (exact) mass is 314 g/mol. The summed E-state index contributed by atoms with van der Waals surface area (Å²) in [6.45, 7) is 0.915. The van der Waals surface area contributed by atoms with Gasteiger partial charge in [-0.3, -0.25) is 4.98 Å². The molecule has 116 valence electrons. The van der Waals surface area contributed by atoms with E-state index in [1.54, 1.807) is 11.3 Å². The standard InChI is InChI=1S/C17H18N2OS.CH4/c1-18-10-7-15(13-5-3-2-4-6-13)20-16-8-11-19-14-9-12-21-17(14)16;/h2-6,8-9,11-12,15,18H,7,10H2,1H3;1H4/t15-;/m1./s1. The summed E-state index contributed by atoms with van der Waals surface area (Å²) in [5, 5.41) is 5.25. The maximum Gasteiger partial charge on any atom is 0.141 e. The van der Waals surface area contributed by atoms with Crippen LogP contribution in [0.4, 0.5) is 0 Å². The van der Waals surface area contributed by atoms with Crippen LogP contribution in [0.3, 0.4) is 0 Å². The van der Waals surface area contributed by atoms with Crippen molar-refractivity contribution in [1.82, 2.24) is 10.3 Å². The molecule has 3 nitrogen and oxygen atoms in total. The van der Waals surface area contributed by atoms with Gasteiger partial charge in [0.25, 0.3) is 0 Å². The third kappa shape index (κ3) is 3.64. The average molecular weight is 314 g/mol. The molecule has 0 fully saturated rings. The number of fused-ring (bicyclic) bond motifs is 1. The van der Waals surface area contributed by atoms with Crippen LogP contribution in [0.5, 0.6) is 5.75 Å². The molecule has 1 N–H and O–H groups in total. The maximum absolute atomic E-state index is 6.30. The second-order valence-electron chi connectivity index (χ2n) is 4.85. The molecule has 2 heterocycles. The van der Waals surface area contributed by atoms with E-state index in [9.17, 15) is 0 Å². The smallest absolute Gasteiger partial charge is 0.141 e. The number of nitrogens with zero attached hydrogens (tertiary/aromatic N) is 1. The molecule has 0 aliphatic heterocycles. The van der Waals surface area contributed by atoms with Gasteiger partial charge in [-0.2, -0.15) is 0 Å². The third-order valence-corrected chi connectivity index (χ3v) is 4.32. The third-order valence-electron chi connectivity index (χ3n) is 3.40. The average Bonchev–Trinajstić information content (AvgIpc) is 3.01. The van der Waals surface area contributed by atoms with Crippen molar-refractivity contribution in [3.05, 3.63) is 59.6 Å². The van der Waals surface area contributed by atoms with Crippen LogP contribution in [0.1, 0.15) is 25.5 Å². The van der Waals surface area contributed by atoms with E-state index < -0.39 is 0 Å². The Labute approximate surface area is 136 Å². The van der Waals surface area contributed by atoms with Gasteiger partial charge in [0.15, 0.2) is 0 Å². The fourth-order valence-corrected chi connectivity index (χ4v) is 3.14. The first-order valence-corrected chi connectivity index (χ1v) is 7.95.